The smallest absolute Gasteiger partial charge is 0.135 e. The van der Waals surface area contributed by atoms with Gasteiger partial charge in [-0.25, -0.2) is 0 Å². The lowest BCUT2D eigenvalue weighted by Crippen LogP contribution is -1.81. The lowest BCUT2D eigenvalue weighted by atomic mass is 10.1. The molecule has 0 unspecified atom stereocenters. The van der Waals surface area contributed by atoms with Gasteiger partial charge in [-0.15, -0.1) is 0 Å². The molecule has 0 saturated carbocycles. The van der Waals surface area contributed by atoms with Crippen molar-refractivity contribution in [2.24, 2.45) is 0 Å². The van der Waals surface area contributed by atoms with Crippen LogP contribution in [0, 0.1) is 6.92 Å². The molecule has 0 saturated heterocycles. The summed E-state index contributed by atoms with van der Waals surface area (Å²) in [5, 5.41) is 1.79. The summed E-state index contributed by atoms with van der Waals surface area (Å²) in [6.45, 7) is 3.84. The fourth-order valence-electron chi connectivity index (χ4n) is 1.85. The number of hydrogen-bond donors (Lipinski definition) is 0. The van der Waals surface area contributed by atoms with E-state index < -0.39 is 0 Å². The van der Waals surface area contributed by atoms with Gasteiger partial charge in [0, 0.05) is 11.8 Å². The highest BCUT2D eigenvalue weighted by Crippen LogP contribution is 2.27. The second kappa shape index (κ2) is 5.40. The highest BCUT2D eigenvalue weighted by Gasteiger charge is 2.05. The second-order valence-corrected chi connectivity index (χ2v) is 4.44. The number of benzene rings is 1. The van der Waals surface area contributed by atoms with Crippen molar-refractivity contribution in [2.75, 3.05) is 0 Å². The standard InChI is InChI=1S/C14H16ClO/c1-2-3-4-5-7-11-10-12-13(15)8-6-9-14(12)16-11/h6,8-10H,1-5,7H2. The van der Waals surface area contributed by atoms with Gasteiger partial charge in [0.25, 0.3) is 0 Å². The fraction of sp³-hybridized carbons (Fsp3) is 0.357. The van der Waals surface area contributed by atoms with Crippen LogP contribution in [0.4, 0.5) is 0 Å². The van der Waals surface area contributed by atoms with Crippen LogP contribution in [0.2, 0.25) is 5.02 Å². The Morgan fingerprint density at radius 3 is 2.81 bits per heavy atom. The van der Waals surface area contributed by atoms with Gasteiger partial charge >= 0.3 is 0 Å². The van der Waals surface area contributed by atoms with Gasteiger partial charge < -0.3 is 4.42 Å². The zero-order valence-corrected chi connectivity index (χ0v) is 10.1. The first-order valence-electron chi connectivity index (χ1n) is 5.77. The third-order valence-electron chi connectivity index (χ3n) is 2.73. The van der Waals surface area contributed by atoms with Crippen LogP contribution < -0.4 is 0 Å². The highest BCUT2D eigenvalue weighted by molar-refractivity contribution is 6.35. The maximum Gasteiger partial charge on any atom is 0.135 e. The Balaban J connectivity index is 2.05. The summed E-state index contributed by atoms with van der Waals surface area (Å²) in [4.78, 5) is 0. The van der Waals surface area contributed by atoms with Crippen LogP contribution in [0.25, 0.3) is 11.0 Å². The molecule has 0 aliphatic heterocycles. The van der Waals surface area contributed by atoms with E-state index in [4.69, 9.17) is 16.0 Å². The van der Waals surface area contributed by atoms with Crippen LogP contribution in [0.1, 0.15) is 31.4 Å². The molecule has 0 N–H and O–H groups in total. The van der Waals surface area contributed by atoms with Gasteiger partial charge in [-0.2, -0.15) is 0 Å². The number of unbranched alkanes of at least 4 members (excludes halogenated alkanes) is 3. The van der Waals surface area contributed by atoms with Crippen molar-refractivity contribution in [1.29, 1.82) is 0 Å². The Kier molecular flexibility index (Phi) is 3.89. The summed E-state index contributed by atoms with van der Waals surface area (Å²) in [6, 6.07) is 7.83. The number of fused-ring (bicyclic) bond motifs is 1. The normalized spacial score (nSPS) is 11.1. The zero-order chi connectivity index (χ0) is 11.4. The molecule has 0 bridgehead atoms. The average Bonchev–Trinajstić information content (AvgIpc) is 2.69. The van der Waals surface area contributed by atoms with Gasteiger partial charge in [0.1, 0.15) is 11.3 Å². The van der Waals surface area contributed by atoms with Gasteiger partial charge in [0.05, 0.1) is 5.02 Å². The molecule has 2 heteroatoms. The quantitative estimate of drug-likeness (QED) is 0.663. The van der Waals surface area contributed by atoms with Crippen LogP contribution in [0.3, 0.4) is 0 Å². The lowest BCUT2D eigenvalue weighted by Gasteiger charge is -1.95. The molecular formula is C14H16ClO. The zero-order valence-electron chi connectivity index (χ0n) is 9.34. The van der Waals surface area contributed by atoms with E-state index in [1.54, 1.807) is 0 Å². The fourth-order valence-corrected chi connectivity index (χ4v) is 2.07. The monoisotopic (exact) mass is 235 g/mol. The van der Waals surface area contributed by atoms with E-state index in [-0.39, 0.29) is 0 Å². The maximum atomic E-state index is 6.09. The van der Waals surface area contributed by atoms with E-state index in [2.05, 4.69) is 13.0 Å². The van der Waals surface area contributed by atoms with E-state index >= 15 is 0 Å². The van der Waals surface area contributed by atoms with Crippen molar-refractivity contribution in [3.8, 4) is 0 Å². The summed E-state index contributed by atoms with van der Waals surface area (Å²) in [6.07, 6.45) is 5.58. The van der Waals surface area contributed by atoms with E-state index in [9.17, 15) is 0 Å². The van der Waals surface area contributed by atoms with Crippen LogP contribution in [0.5, 0.6) is 0 Å². The largest absolute Gasteiger partial charge is 0.461 e. The molecule has 2 rings (SSSR count). The van der Waals surface area contributed by atoms with Crippen molar-refractivity contribution in [3.63, 3.8) is 0 Å². The molecular weight excluding hydrogens is 220 g/mol. The van der Waals surface area contributed by atoms with E-state index in [1.807, 2.05) is 18.2 Å². The summed E-state index contributed by atoms with van der Waals surface area (Å²) in [5.74, 6) is 1.03. The molecule has 0 amide bonds. The Bertz CT molecular complexity index is 459. The summed E-state index contributed by atoms with van der Waals surface area (Å²) in [7, 11) is 0. The van der Waals surface area contributed by atoms with E-state index in [1.165, 1.54) is 12.8 Å². The van der Waals surface area contributed by atoms with Gasteiger partial charge in [-0.05, 0) is 24.6 Å². The van der Waals surface area contributed by atoms with Crippen molar-refractivity contribution < 1.29 is 4.42 Å². The van der Waals surface area contributed by atoms with Gasteiger partial charge in [0.15, 0.2) is 0 Å². The molecule has 85 valence electrons. The number of aryl methyl sites for hydroxylation is 1. The first kappa shape index (κ1) is 11.5. The Labute approximate surface area is 101 Å². The van der Waals surface area contributed by atoms with E-state index in [0.29, 0.717) is 0 Å². The molecule has 1 aromatic carbocycles. The minimum atomic E-state index is 0.769. The third-order valence-corrected chi connectivity index (χ3v) is 3.06. The molecule has 0 spiro atoms. The van der Waals surface area contributed by atoms with Gasteiger partial charge in [-0.1, -0.05) is 43.9 Å². The van der Waals surface area contributed by atoms with Crippen LogP contribution >= 0.6 is 11.6 Å². The number of rotatable bonds is 5. The molecule has 2 aromatic rings. The molecule has 1 nitrogen and oxygen atoms in total. The van der Waals surface area contributed by atoms with Gasteiger partial charge in [-0.3, -0.25) is 0 Å². The predicted octanol–water partition coefficient (Wildman–Crippen LogP) is 5.02. The molecule has 1 heterocycles. The highest BCUT2D eigenvalue weighted by atomic mass is 35.5. The summed E-state index contributed by atoms with van der Waals surface area (Å²) >= 11 is 6.09. The third kappa shape index (κ3) is 2.59. The first-order valence-corrected chi connectivity index (χ1v) is 6.15. The lowest BCUT2D eigenvalue weighted by molar-refractivity contribution is 0.529. The molecule has 0 aliphatic rings. The average molecular weight is 236 g/mol. The molecule has 0 aliphatic carbocycles. The Morgan fingerprint density at radius 2 is 2.06 bits per heavy atom. The molecule has 0 atom stereocenters. The number of furan rings is 1. The van der Waals surface area contributed by atoms with E-state index in [0.717, 1.165) is 41.0 Å². The SMILES string of the molecule is [CH2]CCCCCc1cc2c(Cl)cccc2o1. The minimum Gasteiger partial charge on any atom is -0.461 e. The molecule has 1 radical (unpaired) electrons. The number of halogens is 1. The van der Waals surface area contributed by atoms with Crippen LogP contribution in [0.15, 0.2) is 28.7 Å². The summed E-state index contributed by atoms with van der Waals surface area (Å²) in [5.41, 5.74) is 0.889. The van der Waals surface area contributed by atoms with Crippen molar-refractivity contribution in [3.05, 3.63) is 42.0 Å². The first-order chi connectivity index (χ1) is 7.81. The van der Waals surface area contributed by atoms with Gasteiger partial charge in [0.2, 0.25) is 0 Å². The predicted molar refractivity (Wildman–Crippen MR) is 68.8 cm³/mol. The van der Waals surface area contributed by atoms with Crippen molar-refractivity contribution >= 4 is 22.6 Å². The second-order valence-electron chi connectivity index (χ2n) is 4.03. The Morgan fingerprint density at radius 1 is 1.19 bits per heavy atom. The molecule has 0 fully saturated rings. The minimum absolute atomic E-state index is 0.769. The number of hydrogen-bond acceptors (Lipinski definition) is 1. The summed E-state index contributed by atoms with van der Waals surface area (Å²) < 4.78 is 5.73. The Hall–Kier alpha value is -0.950. The topological polar surface area (TPSA) is 13.1 Å². The van der Waals surface area contributed by atoms with Crippen LogP contribution in [-0.2, 0) is 6.42 Å². The maximum absolute atomic E-state index is 6.09. The van der Waals surface area contributed by atoms with Crippen molar-refractivity contribution in [1.82, 2.24) is 0 Å². The molecule has 16 heavy (non-hydrogen) atoms. The van der Waals surface area contributed by atoms with Crippen LogP contribution in [-0.4, -0.2) is 0 Å². The van der Waals surface area contributed by atoms with Crippen molar-refractivity contribution in [2.45, 2.75) is 32.1 Å². The molecule has 1 aromatic heterocycles.